The number of alkyl carbamates (subject to hydrolysis) is 1. The highest BCUT2D eigenvalue weighted by atomic mass is 19.1. The van der Waals surface area contributed by atoms with Crippen molar-refractivity contribution in [3.05, 3.63) is 64.7 Å². The number of benzene rings is 2. The van der Waals surface area contributed by atoms with Crippen LogP contribution in [0, 0.1) is 11.6 Å². The summed E-state index contributed by atoms with van der Waals surface area (Å²) in [7, 11) is 1.62. The van der Waals surface area contributed by atoms with E-state index < -0.39 is 35.5 Å². The van der Waals surface area contributed by atoms with Crippen LogP contribution in [0.4, 0.5) is 13.6 Å². The number of rotatable bonds is 8. The molecular weight excluding hydrogens is 442 g/mol. The molecule has 6 nitrogen and oxygen atoms in total. The second-order valence-electron chi connectivity index (χ2n) is 9.72. The second-order valence-corrected chi connectivity index (χ2v) is 9.72. The fourth-order valence-corrected chi connectivity index (χ4v) is 4.25. The summed E-state index contributed by atoms with van der Waals surface area (Å²) in [5.74, 6) is -0.664. The summed E-state index contributed by atoms with van der Waals surface area (Å²) in [5.41, 5.74) is 1.96. The summed E-state index contributed by atoms with van der Waals surface area (Å²) >= 11 is 0. The van der Waals surface area contributed by atoms with E-state index in [1.807, 2.05) is 12.1 Å². The number of ether oxygens (including phenoxy) is 2. The van der Waals surface area contributed by atoms with Gasteiger partial charge in [-0.1, -0.05) is 6.07 Å². The lowest BCUT2D eigenvalue weighted by Gasteiger charge is -2.30. The summed E-state index contributed by atoms with van der Waals surface area (Å²) in [6, 6.07) is 8.36. The molecule has 3 N–H and O–H groups in total. The van der Waals surface area contributed by atoms with E-state index in [0.29, 0.717) is 5.56 Å². The largest absolute Gasteiger partial charge is 0.497 e. The first-order valence-electron chi connectivity index (χ1n) is 11.6. The molecule has 186 valence electrons. The van der Waals surface area contributed by atoms with Crippen LogP contribution in [0.15, 0.2) is 36.4 Å². The van der Waals surface area contributed by atoms with Gasteiger partial charge in [0.1, 0.15) is 23.0 Å². The fraction of sp³-hybridized carbons (Fsp3) is 0.500. The van der Waals surface area contributed by atoms with Crippen molar-refractivity contribution in [1.82, 2.24) is 10.6 Å². The van der Waals surface area contributed by atoms with E-state index in [-0.39, 0.29) is 19.0 Å². The topological polar surface area (TPSA) is 79.8 Å². The van der Waals surface area contributed by atoms with Crippen molar-refractivity contribution in [3.63, 3.8) is 0 Å². The smallest absolute Gasteiger partial charge is 0.407 e. The van der Waals surface area contributed by atoms with Crippen molar-refractivity contribution in [2.45, 2.75) is 70.2 Å². The van der Waals surface area contributed by atoms with Gasteiger partial charge in [0.15, 0.2) is 0 Å². The van der Waals surface area contributed by atoms with E-state index in [1.165, 1.54) is 17.7 Å². The molecule has 0 heterocycles. The van der Waals surface area contributed by atoms with Gasteiger partial charge in [0.2, 0.25) is 0 Å². The van der Waals surface area contributed by atoms with Gasteiger partial charge in [-0.2, -0.15) is 0 Å². The van der Waals surface area contributed by atoms with Crippen molar-refractivity contribution in [2.24, 2.45) is 0 Å². The first-order valence-corrected chi connectivity index (χ1v) is 11.6. The highest BCUT2D eigenvalue weighted by Gasteiger charge is 2.27. The Bertz CT molecular complexity index is 973. The van der Waals surface area contributed by atoms with Crippen LogP contribution in [0.5, 0.6) is 5.75 Å². The summed E-state index contributed by atoms with van der Waals surface area (Å²) in [6.07, 6.45) is 1.18. The number of aliphatic hydroxyl groups excluding tert-OH is 1. The molecule has 1 aliphatic carbocycles. The molecule has 34 heavy (non-hydrogen) atoms. The molecular formula is C26H34F2N2O4. The first kappa shape index (κ1) is 25.9. The minimum absolute atomic E-state index is 0.0160. The van der Waals surface area contributed by atoms with E-state index in [1.54, 1.807) is 27.9 Å². The molecule has 2 aromatic rings. The molecule has 0 bridgehead atoms. The average molecular weight is 477 g/mol. The Morgan fingerprint density at radius 2 is 1.88 bits per heavy atom. The monoisotopic (exact) mass is 476 g/mol. The number of aryl methyl sites for hydroxylation is 1. The van der Waals surface area contributed by atoms with E-state index in [4.69, 9.17) is 9.47 Å². The molecule has 0 saturated heterocycles. The minimum atomic E-state index is -1.03. The van der Waals surface area contributed by atoms with Crippen molar-refractivity contribution in [1.29, 1.82) is 0 Å². The van der Waals surface area contributed by atoms with Crippen LogP contribution in [0.25, 0.3) is 0 Å². The summed E-state index contributed by atoms with van der Waals surface area (Å²) in [6.45, 7) is 5.36. The molecule has 1 aliphatic rings. The number of methoxy groups -OCH3 is 1. The Labute approximate surface area is 199 Å². The number of amides is 1. The summed E-state index contributed by atoms with van der Waals surface area (Å²) < 4.78 is 38.1. The van der Waals surface area contributed by atoms with Gasteiger partial charge in [-0.25, -0.2) is 13.6 Å². The number of hydrogen-bond donors (Lipinski definition) is 3. The first-order chi connectivity index (χ1) is 16.0. The number of halogens is 2. The lowest BCUT2D eigenvalue weighted by atomic mass is 9.87. The average Bonchev–Trinajstić information content (AvgIpc) is 2.74. The lowest BCUT2D eigenvalue weighted by molar-refractivity contribution is 0.0419. The Balaban J connectivity index is 1.73. The number of carbonyl (C=O) groups excluding carboxylic acids is 1. The van der Waals surface area contributed by atoms with Crippen LogP contribution in [-0.2, 0) is 17.6 Å². The molecule has 0 radical (unpaired) electrons. The number of aliphatic hydroxyl groups is 1. The predicted molar refractivity (Wildman–Crippen MR) is 126 cm³/mol. The van der Waals surface area contributed by atoms with Crippen LogP contribution in [0.3, 0.4) is 0 Å². The maximum Gasteiger partial charge on any atom is 0.407 e. The van der Waals surface area contributed by atoms with Gasteiger partial charge in [-0.15, -0.1) is 0 Å². The maximum absolute atomic E-state index is 13.7. The number of hydrogen-bond acceptors (Lipinski definition) is 5. The Kier molecular flexibility index (Phi) is 8.49. The Hall–Kier alpha value is -2.71. The van der Waals surface area contributed by atoms with Crippen molar-refractivity contribution in [3.8, 4) is 5.75 Å². The van der Waals surface area contributed by atoms with Crippen molar-refractivity contribution >= 4 is 6.09 Å². The number of fused-ring (bicyclic) bond motifs is 1. The number of nitrogens with one attached hydrogen (secondary N) is 2. The molecule has 1 unspecified atom stereocenters. The predicted octanol–water partition coefficient (Wildman–Crippen LogP) is 4.44. The fourth-order valence-electron chi connectivity index (χ4n) is 4.25. The molecule has 0 saturated carbocycles. The second kappa shape index (κ2) is 11.1. The van der Waals surface area contributed by atoms with Crippen LogP contribution in [0.1, 0.15) is 56.3 Å². The maximum atomic E-state index is 13.7. The highest BCUT2D eigenvalue weighted by Crippen LogP contribution is 2.32. The minimum Gasteiger partial charge on any atom is -0.497 e. The zero-order valence-electron chi connectivity index (χ0n) is 20.2. The van der Waals surface area contributed by atoms with Gasteiger partial charge in [0.05, 0.1) is 19.3 Å². The van der Waals surface area contributed by atoms with Crippen molar-refractivity contribution in [2.75, 3.05) is 13.7 Å². The van der Waals surface area contributed by atoms with E-state index in [0.717, 1.165) is 36.6 Å². The van der Waals surface area contributed by atoms with Crippen LogP contribution in [0.2, 0.25) is 0 Å². The number of carbonyl (C=O) groups is 1. The molecule has 0 aliphatic heterocycles. The highest BCUT2D eigenvalue weighted by molar-refractivity contribution is 5.68. The van der Waals surface area contributed by atoms with E-state index in [2.05, 4.69) is 16.7 Å². The molecule has 0 aromatic heterocycles. The van der Waals surface area contributed by atoms with Gasteiger partial charge in [0.25, 0.3) is 0 Å². The Morgan fingerprint density at radius 3 is 2.53 bits per heavy atom. The van der Waals surface area contributed by atoms with Gasteiger partial charge in [0, 0.05) is 18.7 Å². The van der Waals surface area contributed by atoms with Crippen LogP contribution in [-0.4, -0.2) is 42.6 Å². The van der Waals surface area contributed by atoms with Gasteiger partial charge in [-0.05, 0) is 87.4 Å². The molecule has 3 atom stereocenters. The zero-order chi connectivity index (χ0) is 24.9. The Morgan fingerprint density at radius 1 is 1.18 bits per heavy atom. The third kappa shape index (κ3) is 7.40. The van der Waals surface area contributed by atoms with Gasteiger partial charge >= 0.3 is 6.09 Å². The molecule has 0 fully saturated rings. The SMILES string of the molecule is COc1ccc2c(c1)C(NC[C@@H](O)[C@H](Cc1cc(F)cc(F)c1)NC(=O)OC(C)(C)C)CCC2. The van der Waals surface area contributed by atoms with Crippen LogP contribution < -0.4 is 15.4 Å². The molecule has 2 aromatic carbocycles. The summed E-state index contributed by atoms with van der Waals surface area (Å²) in [5, 5.41) is 17.1. The third-order valence-electron chi connectivity index (χ3n) is 5.79. The molecule has 3 rings (SSSR count). The molecule has 8 heteroatoms. The quantitative estimate of drug-likeness (QED) is 0.525. The molecule has 1 amide bonds. The zero-order valence-corrected chi connectivity index (χ0v) is 20.2. The third-order valence-corrected chi connectivity index (χ3v) is 5.79. The van der Waals surface area contributed by atoms with E-state index in [9.17, 15) is 18.7 Å². The van der Waals surface area contributed by atoms with Gasteiger partial charge in [-0.3, -0.25) is 0 Å². The van der Waals surface area contributed by atoms with Crippen LogP contribution >= 0.6 is 0 Å². The van der Waals surface area contributed by atoms with E-state index >= 15 is 0 Å². The van der Waals surface area contributed by atoms with Crippen molar-refractivity contribution < 1.29 is 28.2 Å². The normalized spacial score (nSPS) is 17.4. The standard InChI is InChI=1S/C26H34F2N2O4/c1-26(2,3)34-25(32)30-23(12-16-10-18(27)13-19(28)11-16)24(31)15-29-22-7-5-6-17-8-9-20(33-4)14-21(17)22/h8-11,13-14,22-24,29,31H,5-7,12,15H2,1-4H3,(H,30,32)/t22?,23-,24+/m0/s1. The lowest BCUT2D eigenvalue weighted by Crippen LogP contribution is -2.50. The summed E-state index contributed by atoms with van der Waals surface area (Å²) in [4.78, 5) is 12.4. The molecule has 0 spiro atoms. The van der Waals surface area contributed by atoms with Gasteiger partial charge < -0.3 is 25.2 Å².